The molecule has 1 aromatic carbocycles. The summed E-state index contributed by atoms with van der Waals surface area (Å²) in [6, 6.07) is 12.5. The highest BCUT2D eigenvalue weighted by Gasteiger charge is 2.27. The second-order valence-corrected chi connectivity index (χ2v) is 5.29. The SMILES string of the molecule is C[C@@H]1Cc2ccccc2N1Cc1nnc(-c2ccco2)o1. The molecular weight excluding hydrogens is 266 g/mol. The molecule has 0 spiro atoms. The van der Waals surface area contributed by atoms with Crippen molar-refractivity contribution < 1.29 is 8.83 Å². The van der Waals surface area contributed by atoms with E-state index < -0.39 is 0 Å². The van der Waals surface area contributed by atoms with Crippen LogP contribution in [0.15, 0.2) is 51.5 Å². The summed E-state index contributed by atoms with van der Waals surface area (Å²) in [6.45, 7) is 2.83. The van der Waals surface area contributed by atoms with Crippen LogP contribution in [0.3, 0.4) is 0 Å². The van der Waals surface area contributed by atoms with Gasteiger partial charge in [0.25, 0.3) is 5.89 Å². The molecule has 106 valence electrons. The molecule has 0 amide bonds. The highest BCUT2D eigenvalue weighted by molar-refractivity contribution is 5.59. The Bertz CT molecular complexity index is 748. The Morgan fingerprint density at radius 3 is 2.95 bits per heavy atom. The fourth-order valence-corrected chi connectivity index (χ4v) is 2.83. The molecule has 1 aliphatic rings. The van der Waals surface area contributed by atoms with Crippen molar-refractivity contribution in [2.45, 2.75) is 25.9 Å². The maximum atomic E-state index is 5.70. The number of aromatic nitrogens is 2. The normalized spacial score (nSPS) is 17.2. The van der Waals surface area contributed by atoms with E-state index in [-0.39, 0.29) is 0 Å². The lowest BCUT2D eigenvalue weighted by molar-refractivity contribution is 0.469. The summed E-state index contributed by atoms with van der Waals surface area (Å²) in [5.74, 6) is 1.63. The van der Waals surface area contributed by atoms with E-state index in [0.717, 1.165) is 6.42 Å². The average Bonchev–Trinajstić information content (AvgIpc) is 3.20. The van der Waals surface area contributed by atoms with E-state index in [2.05, 4.69) is 46.3 Å². The lowest BCUT2D eigenvalue weighted by Gasteiger charge is -2.22. The highest BCUT2D eigenvalue weighted by Crippen LogP contribution is 2.33. The fraction of sp³-hybridized carbons (Fsp3) is 0.250. The smallest absolute Gasteiger partial charge is 0.283 e. The third-order valence-electron chi connectivity index (χ3n) is 3.85. The van der Waals surface area contributed by atoms with E-state index >= 15 is 0 Å². The van der Waals surface area contributed by atoms with E-state index in [1.165, 1.54) is 11.3 Å². The first-order chi connectivity index (χ1) is 10.3. The van der Waals surface area contributed by atoms with Gasteiger partial charge in [-0.15, -0.1) is 10.2 Å². The molecular formula is C16H15N3O2. The number of anilines is 1. The van der Waals surface area contributed by atoms with Crippen molar-refractivity contribution in [2.75, 3.05) is 4.90 Å². The minimum atomic E-state index is 0.426. The Balaban J connectivity index is 1.59. The van der Waals surface area contributed by atoms with Crippen LogP contribution < -0.4 is 4.90 Å². The number of nitrogens with zero attached hydrogens (tertiary/aromatic N) is 3. The molecule has 5 nitrogen and oxygen atoms in total. The molecule has 0 bridgehead atoms. The number of hydrogen-bond acceptors (Lipinski definition) is 5. The van der Waals surface area contributed by atoms with Crippen molar-refractivity contribution >= 4 is 5.69 Å². The third kappa shape index (κ3) is 2.11. The number of benzene rings is 1. The molecule has 3 aromatic rings. The Hall–Kier alpha value is -2.56. The summed E-state index contributed by atoms with van der Waals surface area (Å²) < 4.78 is 11.0. The van der Waals surface area contributed by atoms with Crippen LogP contribution >= 0.6 is 0 Å². The molecule has 0 radical (unpaired) electrons. The molecule has 0 aliphatic carbocycles. The van der Waals surface area contributed by atoms with Gasteiger partial charge in [0.1, 0.15) is 0 Å². The van der Waals surface area contributed by atoms with Gasteiger partial charge in [-0.1, -0.05) is 18.2 Å². The number of para-hydroxylation sites is 1. The van der Waals surface area contributed by atoms with Gasteiger partial charge in [0, 0.05) is 11.7 Å². The summed E-state index contributed by atoms with van der Waals surface area (Å²) in [5, 5.41) is 8.17. The lowest BCUT2D eigenvalue weighted by Crippen LogP contribution is -2.28. The maximum Gasteiger partial charge on any atom is 0.283 e. The van der Waals surface area contributed by atoms with Crippen molar-refractivity contribution in [3.63, 3.8) is 0 Å². The molecule has 2 aromatic heterocycles. The zero-order valence-electron chi connectivity index (χ0n) is 11.7. The van der Waals surface area contributed by atoms with Crippen molar-refractivity contribution in [1.82, 2.24) is 10.2 Å². The summed E-state index contributed by atoms with van der Waals surface area (Å²) >= 11 is 0. The van der Waals surface area contributed by atoms with Crippen LogP contribution in [0.4, 0.5) is 5.69 Å². The summed E-state index contributed by atoms with van der Waals surface area (Å²) in [6.07, 6.45) is 2.65. The van der Waals surface area contributed by atoms with E-state index in [0.29, 0.717) is 30.1 Å². The minimum absolute atomic E-state index is 0.426. The van der Waals surface area contributed by atoms with Gasteiger partial charge < -0.3 is 13.7 Å². The van der Waals surface area contributed by atoms with Crippen LogP contribution in [0.25, 0.3) is 11.7 Å². The van der Waals surface area contributed by atoms with E-state index in [1.54, 1.807) is 12.3 Å². The number of hydrogen-bond donors (Lipinski definition) is 0. The van der Waals surface area contributed by atoms with Crippen LogP contribution in [-0.2, 0) is 13.0 Å². The highest BCUT2D eigenvalue weighted by atomic mass is 16.4. The molecule has 0 unspecified atom stereocenters. The quantitative estimate of drug-likeness (QED) is 0.737. The van der Waals surface area contributed by atoms with E-state index in [4.69, 9.17) is 8.83 Å². The molecule has 4 rings (SSSR count). The largest absolute Gasteiger partial charge is 0.459 e. The fourth-order valence-electron chi connectivity index (χ4n) is 2.83. The van der Waals surface area contributed by atoms with E-state index in [9.17, 15) is 0 Å². The first-order valence-electron chi connectivity index (χ1n) is 7.02. The summed E-state index contributed by atoms with van der Waals surface area (Å²) in [7, 11) is 0. The van der Waals surface area contributed by atoms with Crippen LogP contribution in [0.1, 0.15) is 18.4 Å². The summed E-state index contributed by atoms with van der Waals surface area (Å²) in [4.78, 5) is 2.30. The molecule has 0 fully saturated rings. The van der Waals surface area contributed by atoms with Gasteiger partial charge in [-0.3, -0.25) is 0 Å². The Morgan fingerprint density at radius 1 is 1.19 bits per heavy atom. The second-order valence-electron chi connectivity index (χ2n) is 5.29. The van der Waals surface area contributed by atoms with Crippen LogP contribution in [0, 0.1) is 0 Å². The monoisotopic (exact) mass is 281 g/mol. The zero-order chi connectivity index (χ0) is 14.2. The topological polar surface area (TPSA) is 55.3 Å². The van der Waals surface area contributed by atoms with Gasteiger partial charge in [-0.05, 0) is 37.1 Å². The van der Waals surface area contributed by atoms with Crippen molar-refractivity contribution in [2.24, 2.45) is 0 Å². The first-order valence-corrected chi connectivity index (χ1v) is 7.02. The molecule has 3 heterocycles. The average molecular weight is 281 g/mol. The van der Waals surface area contributed by atoms with Crippen LogP contribution in [-0.4, -0.2) is 16.2 Å². The Labute approximate surface area is 122 Å². The van der Waals surface area contributed by atoms with Gasteiger partial charge in [0.05, 0.1) is 12.8 Å². The van der Waals surface area contributed by atoms with Gasteiger partial charge in [0.15, 0.2) is 5.76 Å². The molecule has 0 saturated heterocycles. The molecule has 5 heteroatoms. The van der Waals surface area contributed by atoms with Gasteiger partial charge >= 0.3 is 0 Å². The Morgan fingerprint density at radius 2 is 2.10 bits per heavy atom. The van der Waals surface area contributed by atoms with E-state index in [1.807, 2.05) is 6.07 Å². The van der Waals surface area contributed by atoms with Gasteiger partial charge in [-0.25, -0.2) is 0 Å². The number of furan rings is 1. The third-order valence-corrected chi connectivity index (χ3v) is 3.85. The first kappa shape index (κ1) is 12.2. The van der Waals surface area contributed by atoms with Gasteiger partial charge in [0.2, 0.25) is 5.89 Å². The predicted molar refractivity (Wildman–Crippen MR) is 77.8 cm³/mol. The van der Waals surface area contributed by atoms with Crippen molar-refractivity contribution in [3.8, 4) is 11.7 Å². The minimum Gasteiger partial charge on any atom is -0.459 e. The standard InChI is InChI=1S/C16H15N3O2/c1-11-9-12-5-2-3-6-13(12)19(11)10-15-17-18-16(21-15)14-7-4-8-20-14/h2-8,11H,9-10H2,1H3/t11-/m1/s1. The second kappa shape index (κ2) is 4.77. The molecule has 1 aliphatic heterocycles. The zero-order valence-corrected chi connectivity index (χ0v) is 11.7. The molecule has 0 N–H and O–H groups in total. The Kier molecular flexibility index (Phi) is 2.77. The van der Waals surface area contributed by atoms with Gasteiger partial charge in [-0.2, -0.15) is 0 Å². The predicted octanol–water partition coefficient (Wildman–Crippen LogP) is 3.28. The molecule has 0 saturated carbocycles. The number of fused-ring (bicyclic) bond motifs is 1. The summed E-state index contributed by atoms with van der Waals surface area (Å²) in [5.41, 5.74) is 2.62. The van der Waals surface area contributed by atoms with Crippen LogP contribution in [0.5, 0.6) is 0 Å². The van der Waals surface area contributed by atoms with Crippen molar-refractivity contribution in [1.29, 1.82) is 0 Å². The van der Waals surface area contributed by atoms with Crippen molar-refractivity contribution in [3.05, 3.63) is 54.1 Å². The molecule has 1 atom stereocenters. The maximum absolute atomic E-state index is 5.70. The van der Waals surface area contributed by atoms with Crippen LogP contribution in [0.2, 0.25) is 0 Å². The molecule has 21 heavy (non-hydrogen) atoms. The number of rotatable bonds is 3. The lowest BCUT2D eigenvalue weighted by atomic mass is 10.1.